The first-order valence-electron chi connectivity index (χ1n) is 4.11. The molecule has 0 aromatic carbocycles. The molecule has 1 saturated carbocycles. The second-order valence-corrected chi connectivity index (χ2v) is 3.41. The minimum absolute atomic E-state index is 0.188. The SMILES string of the molecule is O=NN1CCC(O)C2CCC21. The van der Waals surface area contributed by atoms with Gasteiger partial charge in [0.25, 0.3) is 0 Å². The average molecular weight is 156 g/mol. The van der Waals surface area contributed by atoms with Gasteiger partial charge in [-0.15, -0.1) is 4.91 Å². The van der Waals surface area contributed by atoms with Crippen LogP contribution in [0.1, 0.15) is 19.3 Å². The zero-order chi connectivity index (χ0) is 7.84. The van der Waals surface area contributed by atoms with Gasteiger partial charge in [-0.1, -0.05) is 0 Å². The van der Waals surface area contributed by atoms with Crippen LogP contribution in [-0.2, 0) is 0 Å². The molecule has 0 radical (unpaired) electrons. The molecular formula is C7H12N2O2. The Hall–Kier alpha value is -0.640. The van der Waals surface area contributed by atoms with Crippen LogP contribution in [0.4, 0.5) is 0 Å². The van der Waals surface area contributed by atoms with E-state index in [0.29, 0.717) is 18.9 Å². The predicted molar refractivity (Wildman–Crippen MR) is 39.6 cm³/mol. The second kappa shape index (κ2) is 2.44. The molecular weight excluding hydrogens is 144 g/mol. The number of aliphatic hydroxyl groups excluding tert-OH is 1. The van der Waals surface area contributed by atoms with E-state index in [4.69, 9.17) is 0 Å². The van der Waals surface area contributed by atoms with Crippen LogP contribution >= 0.6 is 0 Å². The molecule has 0 amide bonds. The Labute approximate surface area is 65.1 Å². The minimum atomic E-state index is -0.188. The molecule has 1 aliphatic heterocycles. The van der Waals surface area contributed by atoms with Crippen LogP contribution in [-0.4, -0.2) is 28.8 Å². The molecule has 1 saturated heterocycles. The third-order valence-corrected chi connectivity index (χ3v) is 2.93. The van der Waals surface area contributed by atoms with Crippen molar-refractivity contribution in [1.82, 2.24) is 5.01 Å². The monoisotopic (exact) mass is 156 g/mol. The molecule has 1 heterocycles. The summed E-state index contributed by atoms with van der Waals surface area (Å²) >= 11 is 0. The van der Waals surface area contributed by atoms with Crippen molar-refractivity contribution < 1.29 is 5.11 Å². The van der Waals surface area contributed by atoms with Gasteiger partial charge in [0.05, 0.1) is 17.4 Å². The van der Waals surface area contributed by atoms with Gasteiger partial charge in [0, 0.05) is 12.5 Å². The summed E-state index contributed by atoms with van der Waals surface area (Å²) in [6.45, 7) is 0.631. The molecule has 0 bridgehead atoms. The van der Waals surface area contributed by atoms with Crippen LogP contribution in [0, 0.1) is 10.8 Å². The van der Waals surface area contributed by atoms with Gasteiger partial charge in [0.1, 0.15) is 0 Å². The Bertz CT molecular complexity index is 174. The van der Waals surface area contributed by atoms with Crippen molar-refractivity contribution in [2.45, 2.75) is 31.4 Å². The first-order valence-corrected chi connectivity index (χ1v) is 4.11. The van der Waals surface area contributed by atoms with Gasteiger partial charge in [-0.2, -0.15) is 0 Å². The smallest absolute Gasteiger partial charge is 0.0606 e. The molecule has 11 heavy (non-hydrogen) atoms. The Kier molecular flexibility index (Phi) is 1.56. The lowest BCUT2D eigenvalue weighted by Gasteiger charge is -2.47. The van der Waals surface area contributed by atoms with Crippen molar-refractivity contribution in [2.24, 2.45) is 11.2 Å². The highest BCUT2D eigenvalue weighted by atomic mass is 16.3. The Morgan fingerprint density at radius 3 is 2.73 bits per heavy atom. The van der Waals surface area contributed by atoms with E-state index in [2.05, 4.69) is 5.29 Å². The van der Waals surface area contributed by atoms with Crippen molar-refractivity contribution in [3.8, 4) is 0 Å². The molecule has 62 valence electrons. The van der Waals surface area contributed by atoms with E-state index in [1.807, 2.05) is 0 Å². The standard InChI is InChI=1S/C7H12N2O2/c10-7-3-4-9(8-11)6-2-1-5(6)7/h5-7,10H,1-4H2. The maximum atomic E-state index is 10.3. The van der Waals surface area contributed by atoms with Gasteiger partial charge in [0.2, 0.25) is 0 Å². The molecule has 2 rings (SSSR count). The highest BCUT2D eigenvalue weighted by Crippen LogP contribution is 2.39. The van der Waals surface area contributed by atoms with Crippen molar-refractivity contribution in [3.05, 3.63) is 4.91 Å². The molecule has 4 heteroatoms. The van der Waals surface area contributed by atoms with Crippen LogP contribution in [0.2, 0.25) is 0 Å². The van der Waals surface area contributed by atoms with Gasteiger partial charge in [-0.25, -0.2) is 0 Å². The number of piperidine rings is 1. The van der Waals surface area contributed by atoms with E-state index in [1.54, 1.807) is 5.01 Å². The summed E-state index contributed by atoms with van der Waals surface area (Å²) in [6, 6.07) is 0.247. The molecule has 2 fully saturated rings. The van der Waals surface area contributed by atoms with E-state index in [0.717, 1.165) is 12.8 Å². The van der Waals surface area contributed by atoms with Gasteiger partial charge in [0.15, 0.2) is 0 Å². The number of nitroso groups, excluding NO2 is 1. The molecule has 3 atom stereocenters. The fraction of sp³-hybridized carbons (Fsp3) is 1.00. The number of hydrogen-bond donors (Lipinski definition) is 1. The molecule has 1 N–H and O–H groups in total. The quantitative estimate of drug-likeness (QED) is 0.563. The van der Waals surface area contributed by atoms with E-state index in [-0.39, 0.29) is 12.1 Å². The zero-order valence-corrected chi connectivity index (χ0v) is 6.31. The fourth-order valence-electron chi connectivity index (χ4n) is 2.07. The number of fused-ring (bicyclic) bond motifs is 1. The van der Waals surface area contributed by atoms with Gasteiger partial charge < -0.3 is 5.11 Å². The third kappa shape index (κ3) is 0.929. The van der Waals surface area contributed by atoms with Gasteiger partial charge in [-0.3, -0.25) is 5.01 Å². The van der Waals surface area contributed by atoms with Crippen molar-refractivity contribution in [1.29, 1.82) is 0 Å². The molecule has 4 nitrogen and oxygen atoms in total. The molecule has 2 aliphatic rings. The Morgan fingerprint density at radius 2 is 2.18 bits per heavy atom. The Morgan fingerprint density at radius 1 is 1.36 bits per heavy atom. The van der Waals surface area contributed by atoms with E-state index < -0.39 is 0 Å². The number of nitrogens with zero attached hydrogens (tertiary/aromatic N) is 2. The van der Waals surface area contributed by atoms with Crippen LogP contribution < -0.4 is 0 Å². The Balaban J connectivity index is 2.04. The maximum absolute atomic E-state index is 10.3. The number of aliphatic hydroxyl groups is 1. The van der Waals surface area contributed by atoms with Crippen LogP contribution in [0.3, 0.4) is 0 Å². The van der Waals surface area contributed by atoms with Gasteiger partial charge in [-0.05, 0) is 19.3 Å². The third-order valence-electron chi connectivity index (χ3n) is 2.93. The fourth-order valence-corrected chi connectivity index (χ4v) is 2.07. The summed E-state index contributed by atoms with van der Waals surface area (Å²) in [7, 11) is 0. The summed E-state index contributed by atoms with van der Waals surface area (Å²) in [6.07, 6.45) is 2.59. The van der Waals surface area contributed by atoms with Gasteiger partial charge >= 0.3 is 0 Å². The largest absolute Gasteiger partial charge is 0.393 e. The molecule has 1 aliphatic carbocycles. The highest BCUT2D eigenvalue weighted by Gasteiger charge is 2.43. The first kappa shape index (κ1) is 7.03. The lowest BCUT2D eigenvalue weighted by Crippen LogP contribution is -2.54. The normalized spacial score (nSPS) is 42.6. The lowest BCUT2D eigenvalue weighted by atomic mass is 9.72. The van der Waals surface area contributed by atoms with E-state index >= 15 is 0 Å². The van der Waals surface area contributed by atoms with Crippen LogP contribution in [0.5, 0.6) is 0 Å². The zero-order valence-electron chi connectivity index (χ0n) is 6.31. The second-order valence-electron chi connectivity index (χ2n) is 3.41. The molecule has 0 aromatic heterocycles. The highest BCUT2D eigenvalue weighted by molar-refractivity contribution is 4.95. The van der Waals surface area contributed by atoms with Crippen LogP contribution in [0.25, 0.3) is 0 Å². The van der Waals surface area contributed by atoms with Crippen molar-refractivity contribution in [3.63, 3.8) is 0 Å². The average Bonchev–Trinajstić information content (AvgIpc) is 1.93. The molecule has 0 aromatic rings. The summed E-state index contributed by atoms with van der Waals surface area (Å²) in [5.41, 5.74) is 0. The lowest BCUT2D eigenvalue weighted by molar-refractivity contribution is -0.0683. The van der Waals surface area contributed by atoms with E-state index in [9.17, 15) is 10.0 Å². The van der Waals surface area contributed by atoms with Crippen molar-refractivity contribution >= 4 is 0 Å². The molecule has 0 spiro atoms. The molecule has 3 unspecified atom stereocenters. The number of hydrogen-bond acceptors (Lipinski definition) is 3. The predicted octanol–water partition coefficient (Wildman–Crippen LogP) is 0.513. The summed E-state index contributed by atoms with van der Waals surface area (Å²) in [4.78, 5) is 10.3. The topological polar surface area (TPSA) is 52.9 Å². The van der Waals surface area contributed by atoms with Crippen LogP contribution in [0.15, 0.2) is 5.29 Å². The summed E-state index contributed by atoms with van der Waals surface area (Å²) in [5.74, 6) is 0.321. The summed E-state index contributed by atoms with van der Waals surface area (Å²) < 4.78 is 0. The maximum Gasteiger partial charge on any atom is 0.0606 e. The first-order chi connectivity index (χ1) is 5.33. The van der Waals surface area contributed by atoms with E-state index in [1.165, 1.54) is 0 Å². The van der Waals surface area contributed by atoms with Crippen molar-refractivity contribution in [2.75, 3.05) is 6.54 Å². The summed E-state index contributed by atoms with van der Waals surface area (Å²) in [5, 5.41) is 14.0. The minimum Gasteiger partial charge on any atom is -0.393 e. The number of rotatable bonds is 1.